The summed E-state index contributed by atoms with van der Waals surface area (Å²) in [6.07, 6.45) is 1.89. The Bertz CT molecular complexity index is 625. The standard InChI is InChI=1S/C13H19NO5S2/c1-13(2,20-4)8-14-21(17,18)9-5-6-11(19-3)10(7-9)12(15)16/h5-7,14H,8H2,1-4H3,(H,15,16). The van der Waals surface area contributed by atoms with E-state index in [1.54, 1.807) is 0 Å². The highest BCUT2D eigenvalue weighted by Gasteiger charge is 2.23. The molecule has 0 radical (unpaired) electrons. The molecule has 0 atom stereocenters. The zero-order valence-electron chi connectivity index (χ0n) is 12.3. The zero-order chi connectivity index (χ0) is 16.3. The van der Waals surface area contributed by atoms with Gasteiger partial charge in [0.25, 0.3) is 0 Å². The third-order valence-electron chi connectivity index (χ3n) is 2.95. The van der Waals surface area contributed by atoms with Crippen LogP contribution in [0.5, 0.6) is 5.75 Å². The maximum atomic E-state index is 12.2. The van der Waals surface area contributed by atoms with Crippen molar-refractivity contribution in [3.8, 4) is 5.75 Å². The van der Waals surface area contributed by atoms with Gasteiger partial charge in [0.15, 0.2) is 0 Å². The highest BCUT2D eigenvalue weighted by atomic mass is 32.2. The van der Waals surface area contributed by atoms with Crippen molar-refractivity contribution in [1.29, 1.82) is 0 Å². The summed E-state index contributed by atoms with van der Waals surface area (Å²) in [4.78, 5) is 11.0. The van der Waals surface area contributed by atoms with E-state index in [2.05, 4.69) is 4.72 Å². The van der Waals surface area contributed by atoms with Crippen molar-refractivity contribution in [2.24, 2.45) is 0 Å². The second-order valence-electron chi connectivity index (χ2n) is 4.96. The first kappa shape index (κ1) is 17.8. The Balaban J connectivity index is 3.09. The topological polar surface area (TPSA) is 92.7 Å². The summed E-state index contributed by atoms with van der Waals surface area (Å²) in [7, 11) is -2.44. The summed E-state index contributed by atoms with van der Waals surface area (Å²) in [5, 5.41) is 9.09. The van der Waals surface area contributed by atoms with E-state index in [9.17, 15) is 13.2 Å². The van der Waals surface area contributed by atoms with Gasteiger partial charge < -0.3 is 9.84 Å². The molecule has 0 saturated heterocycles. The van der Waals surface area contributed by atoms with E-state index >= 15 is 0 Å². The Morgan fingerprint density at radius 1 is 1.43 bits per heavy atom. The van der Waals surface area contributed by atoms with Crippen LogP contribution in [0.2, 0.25) is 0 Å². The third kappa shape index (κ3) is 4.62. The fourth-order valence-electron chi connectivity index (χ4n) is 1.45. The fourth-order valence-corrected chi connectivity index (χ4v) is 2.99. The monoisotopic (exact) mass is 333 g/mol. The first-order valence-corrected chi connectivity index (χ1v) is 8.80. The van der Waals surface area contributed by atoms with Crippen molar-refractivity contribution in [3.63, 3.8) is 0 Å². The molecule has 0 unspecified atom stereocenters. The predicted molar refractivity (Wildman–Crippen MR) is 82.7 cm³/mol. The lowest BCUT2D eigenvalue weighted by Crippen LogP contribution is -2.36. The molecule has 0 bridgehead atoms. The van der Waals surface area contributed by atoms with E-state index in [4.69, 9.17) is 9.84 Å². The number of carbonyl (C=O) groups is 1. The van der Waals surface area contributed by atoms with Crippen LogP contribution in [0.4, 0.5) is 0 Å². The van der Waals surface area contributed by atoms with Gasteiger partial charge in [-0.05, 0) is 38.3 Å². The van der Waals surface area contributed by atoms with Gasteiger partial charge >= 0.3 is 5.97 Å². The molecule has 0 fully saturated rings. The number of thioether (sulfide) groups is 1. The number of nitrogens with one attached hydrogen (secondary N) is 1. The van der Waals surface area contributed by atoms with Gasteiger partial charge in [0.1, 0.15) is 11.3 Å². The Hall–Kier alpha value is -1.25. The zero-order valence-corrected chi connectivity index (χ0v) is 14.0. The van der Waals surface area contributed by atoms with E-state index in [1.807, 2.05) is 20.1 Å². The third-order valence-corrected chi connectivity index (χ3v) is 5.60. The van der Waals surface area contributed by atoms with Crippen molar-refractivity contribution in [1.82, 2.24) is 4.72 Å². The van der Waals surface area contributed by atoms with Crippen LogP contribution < -0.4 is 9.46 Å². The largest absolute Gasteiger partial charge is 0.496 e. The number of aromatic carboxylic acids is 1. The number of hydrogen-bond donors (Lipinski definition) is 2. The first-order chi connectivity index (χ1) is 9.63. The van der Waals surface area contributed by atoms with Crippen molar-refractivity contribution >= 4 is 27.8 Å². The van der Waals surface area contributed by atoms with Gasteiger partial charge in [0, 0.05) is 11.3 Å². The van der Waals surface area contributed by atoms with Gasteiger partial charge in [-0.3, -0.25) is 0 Å². The molecule has 0 aliphatic heterocycles. The Morgan fingerprint density at radius 2 is 2.05 bits per heavy atom. The van der Waals surface area contributed by atoms with Crippen molar-refractivity contribution in [2.45, 2.75) is 23.5 Å². The Morgan fingerprint density at radius 3 is 2.52 bits per heavy atom. The molecule has 2 N–H and O–H groups in total. The second-order valence-corrected chi connectivity index (χ2v) is 8.24. The number of benzene rings is 1. The van der Waals surface area contributed by atoms with Crippen LogP contribution in [0, 0.1) is 0 Å². The molecule has 1 aromatic rings. The van der Waals surface area contributed by atoms with Gasteiger partial charge in [-0.15, -0.1) is 0 Å². The van der Waals surface area contributed by atoms with Gasteiger partial charge in [-0.1, -0.05) is 0 Å². The summed E-state index contributed by atoms with van der Waals surface area (Å²) in [6, 6.07) is 3.74. The summed E-state index contributed by atoms with van der Waals surface area (Å²) in [5.74, 6) is -1.13. The molecule has 21 heavy (non-hydrogen) atoms. The molecule has 0 heterocycles. The van der Waals surface area contributed by atoms with Gasteiger partial charge in [-0.2, -0.15) is 11.8 Å². The molecular formula is C13H19NO5S2. The Labute approximate surface area is 128 Å². The number of carboxylic acid groups (broad SMARTS) is 1. The van der Waals surface area contributed by atoms with Crippen LogP contribution in [0.15, 0.2) is 23.1 Å². The summed E-state index contributed by atoms with van der Waals surface area (Å²) < 4.78 is 31.6. The second kappa shape index (κ2) is 6.67. The molecule has 0 saturated carbocycles. The van der Waals surface area contributed by atoms with Crippen LogP contribution in [-0.4, -0.2) is 44.2 Å². The maximum Gasteiger partial charge on any atom is 0.339 e. The van der Waals surface area contributed by atoms with E-state index < -0.39 is 16.0 Å². The SMILES string of the molecule is COc1ccc(S(=O)(=O)NCC(C)(C)SC)cc1C(=O)O. The average molecular weight is 333 g/mol. The first-order valence-electron chi connectivity index (χ1n) is 6.09. The van der Waals surface area contributed by atoms with Gasteiger partial charge in [0.05, 0.1) is 12.0 Å². The van der Waals surface area contributed by atoms with Crippen molar-refractivity contribution in [2.75, 3.05) is 19.9 Å². The predicted octanol–water partition coefficient (Wildman–Crippen LogP) is 1.81. The van der Waals surface area contributed by atoms with Crippen molar-refractivity contribution < 1.29 is 23.1 Å². The lowest BCUT2D eigenvalue weighted by Gasteiger charge is -2.22. The minimum Gasteiger partial charge on any atom is -0.496 e. The van der Waals surface area contributed by atoms with E-state index in [1.165, 1.54) is 31.0 Å². The lowest BCUT2D eigenvalue weighted by molar-refractivity contribution is 0.0693. The maximum absolute atomic E-state index is 12.2. The van der Waals surface area contributed by atoms with Gasteiger partial charge in [0.2, 0.25) is 10.0 Å². The smallest absolute Gasteiger partial charge is 0.339 e. The normalized spacial score (nSPS) is 12.2. The molecule has 0 aromatic heterocycles. The van der Waals surface area contributed by atoms with E-state index in [0.717, 1.165) is 6.07 Å². The lowest BCUT2D eigenvalue weighted by atomic mass is 10.2. The number of ether oxygens (including phenoxy) is 1. The number of rotatable bonds is 7. The van der Waals surface area contributed by atoms with Crippen LogP contribution in [0.25, 0.3) is 0 Å². The molecule has 6 nitrogen and oxygen atoms in total. The van der Waals surface area contributed by atoms with Crippen molar-refractivity contribution in [3.05, 3.63) is 23.8 Å². The molecule has 118 valence electrons. The number of methoxy groups -OCH3 is 1. The summed E-state index contributed by atoms with van der Waals surface area (Å²) in [5.41, 5.74) is -0.190. The average Bonchev–Trinajstić information content (AvgIpc) is 2.44. The number of carboxylic acids is 1. The molecule has 1 rings (SSSR count). The minimum atomic E-state index is -3.77. The van der Waals surface area contributed by atoms with Crippen LogP contribution in [0.1, 0.15) is 24.2 Å². The number of sulfonamides is 1. The van der Waals surface area contributed by atoms with Crippen LogP contribution in [0.3, 0.4) is 0 Å². The molecule has 0 spiro atoms. The minimum absolute atomic E-state index is 0.0994. The quantitative estimate of drug-likeness (QED) is 0.790. The van der Waals surface area contributed by atoms with Gasteiger partial charge in [-0.25, -0.2) is 17.9 Å². The molecule has 0 amide bonds. The highest BCUT2D eigenvalue weighted by molar-refractivity contribution is 8.00. The fraction of sp³-hybridized carbons (Fsp3) is 0.462. The molecule has 8 heteroatoms. The van der Waals surface area contributed by atoms with E-state index in [-0.39, 0.29) is 27.5 Å². The molecule has 0 aliphatic rings. The highest BCUT2D eigenvalue weighted by Crippen LogP contribution is 2.24. The summed E-state index contributed by atoms with van der Waals surface area (Å²) >= 11 is 1.54. The number of hydrogen-bond acceptors (Lipinski definition) is 5. The van der Waals surface area contributed by atoms with E-state index in [0.29, 0.717) is 0 Å². The Kier molecular flexibility index (Phi) is 5.66. The molecular weight excluding hydrogens is 314 g/mol. The summed E-state index contributed by atoms with van der Waals surface area (Å²) in [6.45, 7) is 4.07. The van der Waals surface area contributed by atoms with Crippen LogP contribution >= 0.6 is 11.8 Å². The molecule has 0 aliphatic carbocycles. The van der Waals surface area contributed by atoms with Crippen LogP contribution in [-0.2, 0) is 10.0 Å². The molecule has 1 aromatic carbocycles.